The van der Waals surface area contributed by atoms with Gasteiger partial charge in [-0.1, -0.05) is 38.8 Å². The van der Waals surface area contributed by atoms with Gasteiger partial charge in [-0.25, -0.2) is 4.39 Å². The molecule has 1 aromatic rings. The summed E-state index contributed by atoms with van der Waals surface area (Å²) >= 11 is 0. The van der Waals surface area contributed by atoms with Crippen LogP contribution in [0.2, 0.25) is 0 Å². The number of rotatable bonds is 6. The van der Waals surface area contributed by atoms with Gasteiger partial charge in [0.15, 0.2) is 0 Å². The molecule has 1 saturated carbocycles. The average molecular weight is 279 g/mol. The van der Waals surface area contributed by atoms with Crippen molar-refractivity contribution in [1.82, 2.24) is 5.32 Å². The van der Waals surface area contributed by atoms with Crippen molar-refractivity contribution in [2.75, 3.05) is 13.1 Å². The van der Waals surface area contributed by atoms with Crippen LogP contribution in [-0.2, 0) is 4.74 Å². The van der Waals surface area contributed by atoms with Crippen molar-refractivity contribution in [2.24, 2.45) is 5.92 Å². The van der Waals surface area contributed by atoms with Gasteiger partial charge in [-0.15, -0.1) is 0 Å². The molecule has 1 aromatic carbocycles. The Kier molecular flexibility index (Phi) is 5.99. The van der Waals surface area contributed by atoms with E-state index in [1.165, 1.54) is 31.4 Å². The summed E-state index contributed by atoms with van der Waals surface area (Å²) in [5.41, 5.74) is 1.06. The zero-order valence-electron chi connectivity index (χ0n) is 12.6. The van der Waals surface area contributed by atoms with Gasteiger partial charge in [0, 0.05) is 6.54 Å². The highest BCUT2D eigenvalue weighted by Crippen LogP contribution is 2.30. The van der Waals surface area contributed by atoms with E-state index in [0.717, 1.165) is 25.1 Å². The van der Waals surface area contributed by atoms with Gasteiger partial charge in [0.1, 0.15) is 5.82 Å². The minimum atomic E-state index is -0.193. The number of hydrogen-bond donors (Lipinski definition) is 1. The number of hydrogen-bond acceptors (Lipinski definition) is 2. The van der Waals surface area contributed by atoms with Crippen molar-refractivity contribution in [3.8, 4) is 0 Å². The first kappa shape index (κ1) is 15.5. The largest absolute Gasteiger partial charge is 0.369 e. The maximum Gasteiger partial charge on any atom is 0.123 e. The van der Waals surface area contributed by atoms with Crippen LogP contribution in [-0.4, -0.2) is 19.2 Å². The molecule has 112 valence electrons. The number of nitrogens with one attached hydrogen (secondary N) is 1. The zero-order chi connectivity index (χ0) is 14.4. The monoisotopic (exact) mass is 279 g/mol. The van der Waals surface area contributed by atoms with E-state index in [1.54, 1.807) is 0 Å². The van der Waals surface area contributed by atoms with Crippen molar-refractivity contribution < 1.29 is 9.13 Å². The predicted molar refractivity (Wildman–Crippen MR) is 80.2 cm³/mol. The second-order valence-corrected chi connectivity index (χ2v) is 5.78. The molecule has 0 heterocycles. The Hall–Kier alpha value is -0.930. The van der Waals surface area contributed by atoms with Gasteiger partial charge in [-0.2, -0.15) is 0 Å². The summed E-state index contributed by atoms with van der Waals surface area (Å²) in [4.78, 5) is 0. The first-order valence-corrected chi connectivity index (χ1v) is 7.82. The van der Waals surface area contributed by atoms with Crippen LogP contribution in [0.15, 0.2) is 24.3 Å². The fourth-order valence-corrected chi connectivity index (χ4v) is 2.89. The SMILES string of the molecule is CCNCC(OC1CCCCC1C)c1ccc(F)cc1. The number of likely N-dealkylation sites (N-methyl/N-ethyl adjacent to an activating group) is 1. The molecule has 0 aliphatic heterocycles. The lowest BCUT2D eigenvalue weighted by molar-refractivity contribution is -0.0562. The smallest absolute Gasteiger partial charge is 0.123 e. The third-order valence-electron chi connectivity index (χ3n) is 4.19. The summed E-state index contributed by atoms with van der Waals surface area (Å²) < 4.78 is 19.4. The highest BCUT2D eigenvalue weighted by atomic mass is 19.1. The lowest BCUT2D eigenvalue weighted by atomic mass is 9.87. The highest BCUT2D eigenvalue weighted by Gasteiger charge is 2.25. The first-order chi connectivity index (χ1) is 9.70. The fourth-order valence-electron chi connectivity index (χ4n) is 2.89. The Labute approximate surface area is 121 Å². The second-order valence-electron chi connectivity index (χ2n) is 5.78. The summed E-state index contributed by atoms with van der Waals surface area (Å²) in [6, 6.07) is 6.71. The minimum Gasteiger partial charge on any atom is -0.369 e. The quantitative estimate of drug-likeness (QED) is 0.847. The summed E-state index contributed by atoms with van der Waals surface area (Å²) in [5, 5.41) is 3.35. The molecule has 0 radical (unpaired) electrons. The Morgan fingerprint density at radius 3 is 2.60 bits per heavy atom. The molecule has 3 heteroatoms. The Morgan fingerprint density at radius 2 is 1.95 bits per heavy atom. The van der Waals surface area contributed by atoms with E-state index in [0.29, 0.717) is 12.0 Å². The molecule has 0 bridgehead atoms. The zero-order valence-corrected chi connectivity index (χ0v) is 12.6. The van der Waals surface area contributed by atoms with Crippen molar-refractivity contribution in [3.63, 3.8) is 0 Å². The van der Waals surface area contributed by atoms with Gasteiger partial charge in [0.2, 0.25) is 0 Å². The number of benzene rings is 1. The molecule has 1 aliphatic rings. The minimum absolute atomic E-state index is 0.0149. The lowest BCUT2D eigenvalue weighted by Crippen LogP contribution is -2.31. The Balaban J connectivity index is 2.04. The normalized spacial score (nSPS) is 24.6. The van der Waals surface area contributed by atoms with Crippen LogP contribution in [0.4, 0.5) is 4.39 Å². The summed E-state index contributed by atoms with van der Waals surface area (Å²) in [6.45, 7) is 6.07. The van der Waals surface area contributed by atoms with Crippen LogP contribution in [0.5, 0.6) is 0 Å². The first-order valence-electron chi connectivity index (χ1n) is 7.82. The van der Waals surface area contributed by atoms with Crippen LogP contribution >= 0.6 is 0 Å². The molecular formula is C17H26FNO. The molecule has 3 atom stereocenters. The van der Waals surface area contributed by atoms with E-state index >= 15 is 0 Å². The van der Waals surface area contributed by atoms with E-state index < -0.39 is 0 Å². The van der Waals surface area contributed by atoms with Crippen LogP contribution < -0.4 is 5.32 Å². The van der Waals surface area contributed by atoms with E-state index in [4.69, 9.17) is 4.74 Å². The maximum absolute atomic E-state index is 13.1. The van der Waals surface area contributed by atoms with Gasteiger partial charge >= 0.3 is 0 Å². The van der Waals surface area contributed by atoms with Gasteiger partial charge < -0.3 is 10.1 Å². The van der Waals surface area contributed by atoms with Crippen molar-refractivity contribution in [2.45, 2.75) is 51.7 Å². The number of ether oxygens (including phenoxy) is 1. The van der Waals surface area contributed by atoms with Gasteiger partial charge in [0.25, 0.3) is 0 Å². The molecule has 20 heavy (non-hydrogen) atoms. The third-order valence-corrected chi connectivity index (χ3v) is 4.19. The molecule has 3 unspecified atom stereocenters. The molecule has 0 spiro atoms. The third kappa shape index (κ3) is 4.29. The molecule has 1 aliphatic carbocycles. The van der Waals surface area contributed by atoms with Crippen molar-refractivity contribution in [3.05, 3.63) is 35.6 Å². The summed E-state index contributed by atoms with van der Waals surface area (Å²) in [7, 11) is 0. The number of halogens is 1. The molecule has 2 nitrogen and oxygen atoms in total. The van der Waals surface area contributed by atoms with Gasteiger partial charge in [-0.3, -0.25) is 0 Å². The van der Waals surface area contributed by atoms with E-state index in [2.05, 4.69) is 19.2 Å². The van der Waals surface area contributed by atoms with Crippen LogP contribution in [0.3, 0.4) is 0 Å². The fraction of sp³-hybridized carbons (Fsp3) is 0.647. The average Bonchev–Trinajstić information content (AvgIpc) is 2.46. The van der Waals surface area contributed by atoms with Gasteiger partial charge in [0.05, 0.1) is 12.2 Å². The van der Waals surface area contributed by atoms with Gasteiger partial charge in [-0.05, 0) is 43.0 Å². The molecule has 1 fully saturated rings. The Bertz CT molecular complexity index is 392. The van der Waals surface area contributed by atoms with Crippen LogP contribution in [0, 0.1) is 11.7 Å². The van der Waals surface area contributed by atoms with Crippen LogP contribution in [0.25, 0.3) is 0 Å². The van der Waals surface area contributed by atoms with E-state index in [1.807, 2.05) is 12.1 Å². The summed E-state index contributed by atoms with van der Waals surface area (Å²) in [6.07, 6.45) is 5.31. The Morgan fingerprint density at radius 1 is 1.25 bits per heavy atom. The lowest BCUT2D eigenvalue weighted by Gasteiger charge is -2.32. The predicted octanol–water partition coefficient (Wildman–Crippen LogP) is 4.07. The second kappa shape index (κ2) is 7.75. The maximum atomic E-state index is 13.1. The molecule has 0 saturated heterocycles. The van der Waals surface area contributed by atoms with E-state index in [-0.39, 0.29) is 11.9 Å². The molecular weight excluding hydrogens is 253 g/mol. The van der Waals surface area contributed by atoms with E-state index in [9.17, 15) is 4.39 Å². The highest BCUT2D eigenvalue weighted by molar-refractivity contribution is 5.19. The molecule has 0 aromatic heterocycles. The molecule has 2 rings (SSSR count). The van der Waals surface area contributed by atoms with Crippen molar-refractivity contribution >= 4 is 0 Å². The molecule has 0 amide bonds. The topological polar surface area (TPSA) is 21.3 Å². The van der Waals surface area contributed by atoms with Crippen molar-refractivity contribution in [1.29, 1.82) is 0 Å². The molecule has 1 N–H and O–H groups in total. The standard InChI is InChI=1S/C17H26FNO/c1-3-19-12-17(14-8-10-15(18)11-9-14)20-16-7-5-4-6-13(16)2/h8-11,13,16-17,19H,3-7,12H2,1-2H3. The van der Waals surface area contributed by atoms with Crippen LogP contribution in [0.1, 0.15) is 51.2 Å². The summed E-state index contributed by atoms with van der Waals surface area (Å²) in [5.74, 6) is 0.426.